The maximum Gasteiger partial charge on any atom is 0.240 e. The molecule has 1 aliphatic heterocycles. The van der Waals surface area contributed by atoms with Gasteiger partial charge in [-0.15, -0.1) is 15.3 Å². The van der Waals surface area contributed by atoms with E-state index in [0.717, 1.165) is 22.8 Å². The quantitative estimate of drug-likeness (QED) is 0.480. The van der Waals surface area contributed by atoms with Crippen LogP contribution in [0.15, 0.2) is 52.0 Å². The second-order valence-electron chi connectivity index (χ2n) is 6.73. The predicted octanol–water partition coefficient (Wildman–Crippen LogP) is 1.63. The third-order valence-corrected chi connectivity index (χ3v) is 4.75. The molecule has 1 atom stereocenters. The molecule has 3 aromatic heterocycles. The smallest absolute Gasteiger partial charge is 0.240 e. The van der Waals surface area contributed by atoms with E-state index in [1.165, 1.54) is 4.52 Å². The van der Waals surface area contributed by atoms with E-state index >= 15 is 0 Å². The Kier molecular flexibility index (Phi) is 4.52. The Morgan fingerprint density at radius 3 is 2.87 bits per heavy atom. The molecule has 0 spiro atoms. The summed E-state index contributed by atoms with van der Waals surface area (Å²) in [5, 5.41) is 27.8. The summed E-state index contributed by atoms with van der Waals surface area (Å²) >= 11 is 0. The van der Waals surface area contributed by atoms with Crippen LogP contribution in [0.25, 0.3) is 27.9 Å². The maximum absolute atomic E-state index is 10.9. The van der Waals surface area contributed by atoms with Gasteiger partial charge in [-0.1, -0.05) is 29.4 Å². The number of ether oxygens (including phenoxy) is 1. The van der Waals surface area contributed by atoms with Gasteiger partial charge in [0.05, 0.1) is 18.2 Å². The van der Waals surface area contributed by atoms with Crippen LogP contribution in [0.4, 0.5) is 0 Å². The number of aliphatic hydroxyl groups is 1. The van der Waals surface area contributed by atoms with Crippen LogP contribution in [0, 0.1) is 5.92 Å². The van der Waals surface area contributed by atoms with Crippen molar-refractivity contribution in [2.24, 2.45) is 10.9 Å². The van der Waals surface area contributed by atoms with Gasteiger partial charge in [-0.05, 0) is 12.1 Å². The van der Waals surface area contributed by atoms with Crippen LogP contribution in [0.1, 0.15) is 5.76 Å². The second-order valence-corrected chi connectivity index (χ2v) is 6.73. The Morgan fingerprint density at radius 1 is 1.27 bits per heavy atom. The van der Waals surface area contributed by atoms with Crippen LogP contribution in [0.3, 0.4) is 0 Å². The van der Waals surface area contributed by atoms with Crippen molar-refractivity contribution in [1.29, 1.82) is 0 Å². The molecule has 30 heavy (non-hydrogen) atoms. The molecule has 0 bridgehead atoms. The van der Waals surface area contributed by atoms with Crippen LogP contribution >= 0.6 is 0 Å². The second kappa shape index (κ2) is 7.48. The average molecular weight is 404 g/mol. The molecule has 4 aromatic rings. The minimum Gasteiger partial charge on any atom is -0.470 e. The number of fused-ring (bicyclic) bond motifs is 3. The number of hydrogen-bond acceptors (Lipinski definition) is 9. The van der Waals surface area contributed by atoms with Crippen LogP contribution < -0.4 is 4.74 Å². The summed E-state index contributed by atoms with van der Waals surface area (Å²) in [7, 11) is 0. The number of aliphatic hydroxyl groups excluding tert-OH is 1. The lowest BCUT2D eigenvalue weighted by molar-refractivity contribution is -0.109. The first-order valence-electron chi connectivity index (χ1n) is 9.27. The SMILES string of the molecule is O=CC1C=CC(COc2nn3c(-c4cc(CO)on4)nnc3c3ccccc23)=NC1. The van der Waals surface area contributed by atoms with Crippen molar-refractivity contribution in [2.75, 3.05) is 13.2 Å². The van der Waals surface area contributed by atoms with Gasteiger partial charge >= 0.3 is 0 Å². The Bertz CT molecular complexity index is 1310. The molecule has 1 unspecified atom stereocenters. The monoisotopic (exact) mass is 404 g/mol. The third-order valence-electron chi connectivity index (χ3n) is 4.75. The average Bonchev–Trinajstić information content (AvgIpc) is 3.44. The molecule has 0 radical (unpaired) electrons. The van der Waals surface area contributed by atoms with Crippen LogP contribution in [0.2, 0.25) is 0 Å². The summed E-state index contributed by atoms with van der Waals surface area (Å²) in [4.78, 5) is 15.2. The molecule has 10 heteroatoms. The minimum absolute atomic E-state index is 0.185. The summed E-state index contributed by atoms with van der Waals surface area (Å²) in [6.07, 6.45) is 4.48. The molecule has 1 aliphatic rings. The van der Waals surface area contributed by atoms with E-state index in [1.807, 2.05) is 30.3 Å². The van der Waals surface area contributed by atoms with Gasteiger partial charge in [-0.3, -0.25) is 4.99 Å². The zero-order valence-electron chi connectivity index (χ0n) is 15.7. The first-order chi connectivity index (χ1) is 14.8. The highest BCUT2D eigenvalue weighted by Gasteiger charge is 2.19. The summed E-state index contributed by atoms with van der Waals surface area (Å²) < 4.78 is 12.6. The van der Waals surface area contributed by atoms with Crippen LogP contribution in [0.5, 0.6) is 5.88 Å². The van der Waals surface area contributed by atoms with Gasteiger partial charge in [-0.25, -0.2) is 0 Å². The van der Waals surface area contributed by atoms with E-state index in [2.05, 4.69) is 25.4 Å². The molecule has 1 N–H and O–H groups in total. The molecule has 4 heterocycles. The minimum atomic E-state index is -0.269. The summed E-state index contributed by atoms with van der Waals surface area (Å²) in [6.45, 7) is 0.358. The van der Waals surface area contributed by atoms with Crippen molar-refractivity contribution >= 4 is 28.4 Å². The van der Waals surface area contributed by atoms with Crippen molar-refractivity contribution in [3.05, 3.63) is 48.2 Å². The number of carbonyl (C=O) groups is 1. The largest absolute Gasteiger partial charge is 0.470 e. The van der Waals surface area contributed by atoms with E-state index in [0.29, 0.717) is 35.4 Å². The van der Waals surface area contributed by atoms with E-state index in [4.69, 9.17) is 9.26 Å². The predicted molar refractivity (Wildman–Crippen MR) is 106 cm³/mol. The molecular weight excluding hydrogens is 388 g/mol. The number of dihydropyridines is 1. The highest BCUT2D eigenvalue weighted by atomic mass is 16.5. The molecular formula is C20H16N6O4. The normalized spacial score (nSPS) is 16.2. The molecule has 0 amide bonds. The number of rotatable bonds is 6. The maximum atomic E-state index is 10.9. The van der Waals surface area contributed by atoms with Gasteiger partial charge in [-0.2, -0.15) is 4.52 Å². The Labute approximate surface area is 169 Å². The first-order valence-corrected chi connectivity index (χ1v) is 9.27. The topological polar surface area (TPSA) is 128 Å². The molecule has 5 rings (SSSR count). The highest BCUT2D eigenvalue weighted by Crippen LogP contribution is 2.28. The van der Waals surface area contributed by atoms with Crippen molar-refractivity contribution in [3.8, 4) is 17.4 Å². The third kappa shape index (κ3) is 3.12. The summed E-state index contributed by atoms with van der Waals surface area (Å²) in [5.74, 6) is 0.885. The molecule has 150 valence electrons. The number of nitrogens with zero attached hydrogens (tertiary/aromatic N) is 6. The molecule has 0 saturated carbocycles. The van der Waals surface area contributed by atoms with Crippen molar-refractivity contribution in [3.63, 3.8) is 0 Å². The number of aldehydes is 1. The Hall–Kier alpha value is -3.92. The van der Waals surface area contributed by atoms with Gasteiger partial charge < -0.3 is 19.2 Å². The number of hydrogen-bond donors (Lipinski definition) is 1. The highest BCUT2D eigenvalue weighted by molar-refractivity contribution is 5.99. The van der Waals surface area contributed by atoms with E-state index in [9.17, 15) is 9.90 Å². The molecule has 0 fully saturated rings. The van der Waals surface area contributed by atoms with E-state index in [1.54, 1.807) is 12.1 Å². The molecule has 1 aromatic carbocycles. The van der Waals surface area contributed by atoms with Gasteiger partial charge in [0, 0.05) is 16.8 Å². The Morgan fingerprint density at radius 2 is 2.13 bits per heavy atom. The number of aliphatic imine (C=N–C) groups is 1. The van der Waals surface area contributed by atoms with E-state index in [-0.39, 0.29) is 19.1 Å². The lowest BCUT2D eigenvalue weighted by Gasteiger charge is -2.12. The van der Waals surface area contributed by atoms with Gasteiger partial charge in [0.15, 0.2) is 17.1 Å². The molecule has 10 nitrogen and oxygen atoms in total. The lowest BCUT2D eigenvalue weighted by Crippen LogP contribution is -2.17. The van der Waals surface area contributed by atoms with Crippen LogP contribution in [-0.4, -0.2) is 55.2 Å². The first kappa shape index (κ1) is 18.1. The van der Waals surface area contributed by atoms with Crippen molar-refractivity contribution in [2.45, 2.75) is 6.61 Å². The van der Waals surface area contributed by atoms with Crippen LogP contribution in [-0.2, 0) is 11.4 Å². The van der Waals surface area contributed by atoms with Gasteiger partial charge in [0.1, 0.15) is 19.5 Å². The summed E-state index contributed by atoms with van der Waals surface area (Å²) in [6, 6.07) is 9.18. The standard InChI is InChI=1S/C20H16N6O4/c27-9-12-5-6-13(21-8-12)11-29-20-16-4-2-1-3-15(16)18-22-23-19(26(18)24-20)17-7-14(10-28)30-25-17/h1-7,9,12,28H,8,10-11H2. The fourth-order valence-electron chi connectivity index (χ4n) is 3.21. The zero-order chi connectivity index (χ0) is 20.5. The number of benzene rings is 1. The van der Waals surface area contributed by atoms with Gasteiger partial charge in [0.25, 0.3) is 0 Å². The van der Waals surface area contributed by atoms with E-state index < -0.39 is 0 Å². The Balaban J connectivity index is 1.55. The lowest BCUT2D eigenvalue weighted by atomic mass is 10.1. The fourth-order valence-corrected chi connectivity index (χ4v) is 3.21. The number of carbonyl (C=O) groups excluding carboxylic acids is 1. The summed E-state index contributed by atoms with van der Waals surface area (Å²) in [5.41, 5.74) is 1.68. The van der Waals surface area contributed by atoms with Gasteiger partial charge in [0.2, 0.25) is 11.7 Å². The fraction of sp³-hybridized carbons (Fsp3) is 0.200. The van der Waals surface area contributed by atoms with Crippen molar-refractivity contribution in [1.82, 2.24) is 25.0 Å². The van der Waals surface area contributed by atoms with Crippen molar-refractivity contribution < 1.29 is 19.2 Å². The number of aromatic nitrogens is 5. The molecule has 0 aliphatic carbocycles. The molecule has 0 saturated heterocycles. The zero-order valence-corrected chi connectivity index (χ0v) is 15.7.